The van der Waals surface area contributed by atoms with Crippen LogP contribution in [0.5, 0.6) is 0 Å². The molecule has 0 amide bonds. The molecule has 0 atom stereocenters. The summed E-state index contributed by atoms with van der Waals surface area (Å²) < 4.78 is 6.54. The lowest BCUT2D eigenvalue weighted by Gasteiger charge is -2.39. The smallest absolute Gasteiger partial charge is 0.167 e. The van der Waals surface area contributed by atoms with E-state index in [1.54, 1.807) is 0 Å². The first-order valence-electron chi connectivity index (χ1n) is 21.9. The van der Waals surface area contributed by atoms with Gasteiger partial charge in [0.25, 0.3) is 0 Å². The Labute approximate surface area is 378 Å². The fraction of sp³-hybridized carbons (Fsp3) is 0.0169. The molecule has 14 rings (SSSR count). The number of furan rings is 1. The number of aromatic nitrogens is 4. The third kappa shape index (κ3) is 5.23. The molecule has 1 spiro atoms. The zero-order valence-corrected chi connectivity index (χ0v) is 35.6. The van der Waals surface area contributed by atoms with Crippen molar-refractivity contribution in [2.24, 2.45) is 0 Å². The minimum Gasteiger partial charge on any atom is -0.455 e. The van der Waals surface area contributed by atoms with E-state index in [2.05, 4.69) is 152 Å². The Morgan fingerprint density at radius 3 is 1.78 bits per heavy atom. The number of fused-ring (bicyclic) bond motifs is 16. The summed E-state index contributed by atoms with van der Waals surface area (Å²) in [5.41, 5.74) is 14.2. The second kappa shape index (κ2) is 13.9. The summed E-state index contributed by atoms with van der Waals surface area (Å²) in [6.07, 6.45) is 0. The van der Waals surface area contributed by atoms with Gasteiger partial charge in [-0.2, -0.15) is 0 Å². The van der Waals surface area contributed by atoms with Crippen LogP contribution in [0.3, 0.4) is 0 Å². The SMILES string of the molecule is c1ccc(-c2nc(-c3ccc4nc(-c5ccccc5)c5ccc6c(c5c4c3)-c3ccccc3C63c4ccccc4Sc4ccccc43)nc(-c3cccc4c3oc3ccccc34)n2)cc1. The number of hydrogen-bond donors (Lipinski definition) is 0. The molecule has 65 heavy (non-hydrogen) atoms. The van der Waals surface area contributed by atoms with E-state index in [1.165, 1.54) is 43.2 Å². The molecule has 0 radical (unpaired) electrons. The van der Waals surface area contributed by atoms with Gasteiger partial charge in [0.2, 0.25) is 0 Å². The summed E-state index contributed by atoms with van der Waals surface area (Å²) in [7, 11) is 0. The second-order valence-electron chi connectivity index (χ2n) is 16.8. The van der Waals surface area contributed by atoms with Crippen LogP contribution in [0.15, 0.2) is 220 Å². The van der Waals surface area contributed by atoms with E-state index in [-0.39, 0.29) is 0 Å². The third-order valence-corrected chi connectivity index (χ3v) is 14.5. The number of para-hydroxylation sites is 2. The van der Waals surface area contributed by atoms with Crippen LogP contribution in [0.4, 0.5) is 0 Å². The number of hydrogen-bond acceptors (Lipinski definition) is 6. The van der Waals surface area contributed by atoms with Crippen molar-refractivity contribution >= 4 is 55.4 Å². The Morgan fingerprint density at radius 2 is 1.00 bits per heavy atom. The van der Waals surface area contributed by atoms with Crippen molar-refractivity contribution in [2.75, 3.05) is 0 Å². The average molecular weight is 847 g/mol. The highest BCUT2D eigenvalue weighted by Crippen LogP contribution is 2.63. The lowest BCUT2D eigenvalue weighted by Crippen LogP contribution is -2.31. The molecule has 302 valence electrons. The Morgan fingerprint density at radius 1 is 0.385 bits per heavy atom. The third-order valence-electron chi connectivity index (χ3n) is 13.4. The molecule has 9 aromatic carbocycles. The number of rotatable bonds is 4. The molecule has 0 N–H and O–H groups in total. The Hall–Kier alpha value is -8.19. The molecule has 1 aliphatic carbocycles. The number of nitrogens with zero attached hydrogens (tertiary/aromatic N) is 4. The van der Waals surface area contributed by atoms with Crippen LogP contribution in [0.25, 0.3) is 100 Å². The molecule has 0 bridgehead atoms. The van der Waals surface area contributed by atoms with Gasteiger partial charge in [-0.1, -0.05) is 176 Å². The van der Waals surface area contributed by atoms with Crippen molar-refractivity contribution in [2.45, 2.75) is 15.2 Å². The van der Waals surface area contributed by atoms with E-state index >= 15 is 0 Å². The molecule has 0 unspecified atom stereocenters. The predicted octanol–water partition coefficient (Wildman–Crippen LogP) is 15.0. The fourth-order valence-electron chi connectivity index (χ4n) is 10.7. The van der Waals surface area contributed by atoms with Gasteiger partial charge in [-0.3, -0.25) is 0 Å². The minimum atomic E-state index is -0.524. The van der Waals surface area contributed by atoms with E-state index < -0.39 is 5.41 Å². The van der Waals surface area contributed by atoms with Crippen LogP contribution in [-0.4, -0.2) is 19.9 Å². The van der Waals surface area contributed by atoms with Crippen molar-refractivity contribution in [1.29, 1.82) is 0 Å². The summed E-state index contributed by atoms with van der Waals surface area (Å²) in [5, 5.41) is 5.37. The maximum absolute atomic E-state index is 6.54. The number of pyridine rings is 1. The first kappa shape index (κ1) is 36.3. The van der Waals surface area contributed by atoms with Gasteiger partial charge in [0, 0.05) is 53.4 Å². The summed E-state index contributed by atoms with van der Waals surface area (Å²) in [5.74, 6) is 1.71. The van der Waals surface area contributed by atoms with Gasteiger partial charge in [-0.25, -0.2) is 19.9 Å². The molecule has 3 aromatic heterocycles. The summed E-state index contributed by atoms with van der Waals surface area (Å²) in [6.45, 7) is 0. The Bertz CT molecular complexity index is 3890. The topological polar surface area (TPSA) is 64.7 Å². The zero-order valence-electron chi connectivity index (χ0n) is 34.7. The molecule has 0 fully saturated rings. The van der Waals surface area contributed by atoms with Gasteiger partial charge in [-0.05, 0) is 75.8 Å². The second-order valence-corrected chi connectivity index (χ2v) is 17.9. The van der Waals surface area contributed by atoms with Gasteiger partial charge in [-0.15, -0.1) is 0 Å². The summed E-state index contributed by atoms with van der Waals surface area (Å²) in [4.78, 5) is 23.7. The van der Waals surface area contributed by atoms with Gasteiger partial charge < -0.3 is 4.42 Å². The van der Waals surface area contributed by atoms with Crippen molar-refractivity contribution in [3.05, 3.63) is 229 Å². The molecule has 0 saturated heterocycles. The predicted molar refractivity (Wildman–Crippen MR) is 263 cm³/mol. The Kier molecular flexibility index (Phi) is 7.77. The first-order chi connectivity index (χ1) is 32.2. The molecule has 5 nitrogen and oxygen atoms in total. The van der Waals surface area contributed by atoms with Crippen LogP contribution in [0.2, 0.25) is 0 Å². The average Bonchev–Trinajstić information content (AvgIpc) is 3.90. The molecule has 0 saturated carbocycles. The monoisotopic (exact) mass is 846 g/mol. The van der Waals surface area contributed by atoms with Crippen LogP contribution in [0.1, 0.15) is 22.3 Å². The van der Waals surface area contributed by atoms with Gasteiger partial charge in [0.05, 0.1) is 22.2 Å². The maximum atomic E-state index is 6.54. The van der Waals surface area contributed by atoms with Crippen LogP contribution in [-0.2, 0) is 5.41 Å². The molecular formula is C59H34N4OS. The van der Waals surface area contributed by atoms with Crippen molar-refractivity contribution in [3.63, 3.8) is 0 Å². The molecule has 1 aliphatic heterocycles. The molecule has 4 heterocycles. The maximum Gasteiger partial charge on any atom is 0.167 e. The van der Waals surface area contributed by atoms with Gasteiger partial charge in [0.15, 0.2) is 17.5 Å². The van der Waals surface area contributed by atoms with Crippen molar-refractivity contribution in [3.8, 4) is 56.5 Å². The molecule has 6 heteroatoms. The normalized spacial score (nSPS) is 13.3. The highest BCUT2D eigenvalue weighted by Gasteiger charge is 2.50. The zero-order chi connectivity index (χ0) is 42.6. The van der Waals surface area contributed by atoms with Crippen molar-refractivity contribution in [1.82, 2.24) is 19.9 Å². The van der Waals surface area contributed by atoms with E-state index in [1.807, 2.05) is 66.4 Å². The van der Waals surface area contributed by atoms with E-state index in [0.29, 0.717) is 17.5 Å². The van der Waals surface area contributed by atoms with Crippen LogP contribution in [0, 0.1) is 0 Å². The fourth-order valence-corrected chi connectivity index (χ4v) is 11.8. The van der Waals surface area contributed by atoms with E-state index in [9.17, 15) is 0 Å². The van der Waals surface area contributed by atoms with Crippen LogP contribution >= 0.6 is 11.8 Å². The summed E-state index contributed by atoms with van der Waals surface area (Å²) >= 11 is 1.86. The van der Waals surface area contributed by atoms with E-state index in [4.69, 9.17) is 24.4 Å². The summed E-state index contributed by atoms with van der Waals surface area (Å²) in [6, 6.07) is 73.2. The molecule has 2 aliphatic rings. The van der Waals surface area contributed by atoms with Crippen molar-refractivity contribution < 1.29 is 4.42 Å². The van der Waals surface area contributed by atoms with E-state index in [0.717, 1.165) is 71.6 Å². The standard InChI is InChI=1S/C59H34N4OS/c1-3-16-35(17-4-1)54-41-31-32-47-53(40-21-7-9-24-44(40)59(47)45-25-10-13-28-50(45)65-51-29-14-11-26-46(51)59)52(41)43-34-37(30-33-48(43)60-54)57-61-56(36-18-5-2-6-19-36)62-58(63-57)42-23-15-22-39-38-20-8-12-27-49(38)64-55(39)42/h1-34H. The molecule has 12 aromatic rings. The number of benzene rings is 9. The largest absolute Gasteiger partial charge is 0.455 e. The lowest BCUT2D eigenvalue weighted by atomic mass is 9.67. The minimum absolute atomic E-state index is 0.524. The molecular weight excluding hydrogens is 813 g/mol. The van der Waals surface area contributed by atoms with Crippen LogP contribution < -0.4 is 0 Å². The van der Waals surface area contributed by atoms with Gasteiger partial charge >= 0.3 is 0 Å². The highest BCUT2D eigenvalue weighted by molar-refractivity contribution is 7.99. The first-order valence-corrected chi connectivity index (χ1v) is 22.7. The van der Waals surface area contributed by atoms with Gasteiger partial charge in [0.1, 0.15) is 11.2 Å². The lowest BCUT2D eigenvalue weighted by molar-refractivity contribution is 0.669. The Balaban J connectivity index is 1.08. The quantitative estimate of drug-likeness (QED) is 0.164. The highest BCUT2D eigenvalue weighted by atomic mass is 32.2.